The molecule has 1 aromatic heterocycles. The van der Waals surface area contributed by atoms with Crippen LogP contribution in [0.3, 0.4) is 0 Å². The Morgan fingerprint density at radius 3 is 2.50 bits per heavy atom. The minimum Gasteiger partial charge on any atom is -0.475 e. The van der Waals surface area contributed by atoms with E-state index in [1.54, 1.807) is 26.2 Å². The molecule has 1 fully saturated rings. The highest BCUT2D eigenvalue weighted by Crippen LogP contribution is 2.48. The van der Waals surface area contributed by atoms with Gasteiger partial charge in [0.25, 0.3) is 5.91 Å². The van der Waals surface area contributed by atoms with E-state index < -0.39 is 28.1 Å². The van der Waals surface area contributed by atoms with Gasteiger partial charge in [0.1, 0.15) is 12.9 Å². The van der Waals surface area contributed by atoms with Crippen molar-refractivity contribution in [1.82, 2.24) is 9.97 Å². The van der Waals surface area contributed by atoms with Crippen molar-refractivity contribution in [2.75, 3.05) is 31.0 Å². The van der Waals surface area contributed by atoms with Crippen LogP contribution in [0.1, 0.15) is 40.0 Å². The van der Waals surface area contributed by atoms with E-state index in [9.17, 15) is 22.8 Å². The summed E-state index contributed by atoms with van der Waals surface area (Å²) in [5.41, 5.74) is -0.219. The lowest BCUT2D eigenvalue weighted by Crippen LogP contribution is -2.29. The van der Waals surface area contributed by atoms with Crippen molar-refractivity contribution in [2.24, 2.45) is 0 Å². The van der Waals surface area contributed by atoms with Crippen molar-refractivity contribution in [2.45, 2.75) is 31.4 Å². The van der Waals surface area contributed by atoms with Crippen molar-refractivity contribution in [1.29, 1.82) is 0 Å². The highest BCUT2D eigenvalue weighted by molar-refractivity contribution is 6.31. The van der Waals surface area contributed by atoms with Crippen LogP contribution < -0.4 is 15.4 Å². The average molecular weight is 549 g/mol. The number of ether oxygens (including phenoxy) is 2. The highest BCUT2D eigenvalue weighted by atomic mass is 35.5. The Morgan fingerprint density at radius 1 is 1.05 bits per heavy atom. The third kappa shape index (κ3) is 6.05. The average Bonchev–Trinajstić information content (AvgIpc) is 3.68. The van der Waals surface area contributed by atoms with E-state index in [1.807, 2.05) is 0 Å². The topological polar surface area (TPSA) is 102 Å². The SMILES string of the molecule is COCCOc1cc(C2(C(=O)Nc3cc(C(=O)Nc4ccc(Cl)c(C(F)(F)F)c4)ccc3C)CC2)ncn1. The molecule has 38 heavy (non-hydrogen) atoms. The quantitative estimate of drug-likeness (QED) is 0.347. The van der Waals surface area contributed by atoms with Gasteiger partial charge in [-0.15, -0.1) is 0 Å². The van der Waals surface area contributed by atoms with Gasteiger partial charge in [0.05, 0.1) is 28.3 Å². The number of halogens is 4. The second-order valence-corrected chi connectivity index (χ2v) is 9.20. The number of anilines is 2. The number of carbonyl (C=O) groups excluding carboxylic acids is 2. The van der Waals surface area contributed by atoms with Crippen LogP contribution in [0.5, 0.6) is 5.88 Å². The van der Waals surface area contributed by atoms with Crippen LogP contribution in [0.4, 0.5) is 24.5 Å². The number of amides is 2. The molecule has 2 amide bonds. The zero-order valence-corrected chi connectivity index (χ0v) is 21.2. The molecule has 3 aromatic rings. The second-order valence-electron chi connectivity index (χ2n) is 8.80. The Hall–Kier alpha value is -3.70. The van der Waals surface area contributed by atoms with Crippen molar-refractivity contribution >= 4 is 34.8 Å². The molecule has 0 saturated heterocycles. The van der Waals surface area contributed by atoms with Gasteiger partial charge in [0, 0.05) is 30.1 Å². The Bertz CT molecular complexity index is 1360. The number of benzene rings is 2. The lowest BCUT2D eigenvalue weighted by molar-refractivity contribution is -0.137. The van der Waals surface area contributed by atoms with Gasteiger partial charge in [-0.1, -0.05) is 17.7 Å². The summed E-state index contributed by atoms with van der Waals surface area (Å²) in [5, 5.41) is 4.85. The molecule has 0 spiro atoms. The van der Waals surface area contributed by atoms with Crippen LogP contribution in [0.25, 0.3) is 0 Å². The summed E-state index contributed by atoms with van der Waals surface area (Å²) in [4.78, 5) is 34.4. The van der Waals surface area contributed by atoms with E-state index in [4.69, 9.17) is 21.1 Å². The first-order valence-electron chi connectivity index (χ1n) is 11.6. The number of rotatable bonds is 9. The molecule has 0 radical (unpaired) electrons. The monoisotopic (exact) mass is 548 g/mol. The second kappa shape index (κ2) is 11.0. The fourth-order valence-electron chi connectivity index (χ4n) is 3.80. The maximum atomic E-state index is 13.3. The highest BCUT2D eigenvalue weighted by Gasteiger charge is 2.53. The largest absolute Gasteiger partial charge is 0.475 e. The van der Waals surface area contributed by atoms with E-state index in [2.05, 4.69) is 20.6 Å². The fraction of sp³-hybridized carbons (Fsp3) is 0.308. The molecular weight excluding hydrogens is 525 g/mol. The summed E-state index contributed by atoms with van der Waals surface area (Å²) < 4.78 is 50.0. The van der Waals surface area contributed by atoms with Gasteiger partial charge >= 0.3 is 6.18 Å². The summed E-state index contributed by atoms with van der Waals surface area (Å²) in [7, 11) is 1.56. The molecule has 200 valence electrons. The number of carbonyl (C=O) groups is 2. The van der Waals surface area contributed by atoms with E-state index in [1.165, 1.54) is 24.5 Å². The molecule has 0 bridgehead atoms. The van der Waals surface area contributed by atoms with Crippen molar-refractivity contribution in [3.63, 3.8) is 0 Å². The fourth-order valence-corrected chi connectivity index (χ4v) is 4.02. The first-order chi connectivity index (χ1) is 18.0. The number of hydrogen-bond donors (Lipinski definition) is 2. The van der Waals surface area contributed by atoms with Crippen molar-refractivity contribution in [3.05, 3.63) is 76.2 Å². The molecule has 12 heteroatoms. The zero-order chi connectivity index (χ0) is 27.5. The van der Waals surface area contributed by atoms with E-state index in [0.29, 0.717) is 48.9 Å². The molecule has 2 N–H and O–H groups in total. The standard InChI is InChI=1S/C26H24ClF3N4O4/c1-15-3-4-16(23(35)33-17-5-6-19(27)18(12-17)26(28,29)30)11-20(15)34-24(36)25(7-8-25)21-13-22(32-14-31-21)38-10-9-37-2/h3-6,11-14H,7-10H2,1-2H3,(H,33,35)(H,34,36). The number of hydrogen-bond acceptors (Lipinski definition) is 6. The van der Waals surface area contributed by atoms with E-state index in [-0.39, 0.29) is 17.2 Å². The molecule has 1 heterocycles. The van der Waals surface area contributed by atoms with Crippen LogP contribution in [-0.2, 0) is 21.1 Å². The Morgan fingerprint density at radius 2 is 1.82 bits per heavy atom. The van der Waals surface area contributed by atoms with Crippen LogP contribution in [-0.4, -0.2) is 42.1 Å². The third-order valence-electron chi connectivity index (χ3n) is 6.13. The summed E-state index contributed by atoms with van der Waals surface area (Å²) in [5.74, 6) is -0.616. The smallest absolute Gasteiger partial charge is 0.417 e. The summed E-state index contributed by atoms with van der Waals surface area (Å²) in [6, 6.07) is 9.36. The Labute approximate surface area is 221 Å². The normalized spacial score (nSPS) is 14.1. The number of alkyl halides is 3. The van der Waals surface area contributed by atoms with Crippen molar-refractivity contribution in [3.8, 4) is 5.88 Å². The predicted octanol–water partition coefficient (Wildman–Crippen LogP) is 5.41. The summed E-state index contributed by atoms with van der Waals surface area (Å²) in [6.07, 6.45) is -2.18. The number of nitrogens with one attached hydrogen (secondary N) is 2. The van der Waals surface area contributed by atoms with E-state index >= 15 is 0 Å². The van der Waals surface area contributed by atoms with Gasteiger partial charge in [-0.2, -0.15) is 13.2 Å². The van der Waals surface area contributed by atoms with Crippen LogP contribution >= 0.6 is 11.6 Å². The van der Waals surface area contributed by atoms with Crippen molar-refractivity contribution < 1.29 is 32.2 Å². The van der Waals surface area contributed by atoms with Gasteiger partial charge in [-0.3, -0.25) is 9.59 Å². The van der Waals surface area contributed by atoms with Gasteiger partial charge in [0.15, 0.2) is 0 Å². The number of aromatic nitrogens is 2. The molecule has 0 unspecified atom stereocenters. The minimum atomic E-state index is -4.67. The first kappa shape index (κ1) is 27.3. The summed E-state index contributed by atoms with van der Waals surface area (Å²) >= 11 is 5.65. The van der Waals surface area contributed by atoms with Crippen LogP contribution in [0, 0.1) is 6.92 Å². The predicted molar refractivity (Wildman–Crippen MR) is 135 cm³/mol. The minimum absolute atomic E-state index is 0.0675. The molecule has 0 atom stereocenters. The first-order valence-corrected chi connectivity index (χ1v) is 12.0. The van der Waals surface area contributed by atoms with Gasteiger partial charge in [-0.25, -0.2) is 9.97 Å². The zero-order valence-electron chi connectivity index (χ0n) is 20.5. The maximum Gasteiger partial charge on any atom is 0.417 e. The van der Waals surface area contributed by atoms with Gasteiger partial charge < -0.3 is 20.1 Å². The molecule has 1 aliphatic rings. The molecule has 0 aliphatic heterocycles. The maximum absolute atomic E-state index is 13.3. The number of nitrogens with zero attached hydrogens (tertiary/aromatic N) is 2. The van der Waals surface area contributed by atoms with Crippen LogP contribution in [0.15, 0.2) is 48.8 Å². The molecular formula is C26H24ClF3N4O4. The van der Waals surface area contributed by atoms with Gasteiger partial charge in [0.2, 0.25) is 11.8 Å². The Balaban J connectivity index is 1.49. The van der Waals surface area contributed by atoms with Crippen LogP contribution in [0.2, 0.25) is 5.02 Å². The molecule has 2 aromatic carbocycles. The lowest BCUT2D eigenvalue weighted by atomic mass is 10.00. The number of aryl methyl sites for hydroxylation is 1. The number of methoxy groups -OCH3 is 1. The molecule has 8 nitrogen and oxygen atoms in total. The third-order valence-corrected chi connectivity index (χ3v) is 6.46. The molecule has 1 aliphatic carbocycles. The van der Waals surface area contributed by atoms with E-state index in [0.717, 1.165) is 12.1 Å². The summed E-state index contributed by atoms with van der Waals surface area (Å²) in [6.45, 7) is 2.45. The molecule has 4 rings (SSSR count). The van der Waals surface area contributed by atoms with Gasteiger partial charge in [-0.05, 0) is 55.7 Å². The molecule has 1 saturated carbocycles. The Kier molecular flexibility index (Phi) is 7.89. The lowest BCUT2D eigenvalue weighted by Gasteiger charge is -2.17.